The van der Waals surface area contributed by atoms with Crippen LogP contribution in [-0.2, 0) is 23.8 Å². The molecule has 2 heterocycles. The van der Waals surface area contributed by atoms with Crippen LogP contribution in [0.15, 0.2) is 0 Å². The van der Waals surface area contributed by atoms with Crippen molar-refractivity contribution < 1.29 is 23.8 Å². The fourth-order valence-corrected chi connectivity index (χ4v) is 1.10. The summed E-state index contributed by atoms with van der Waals surface area (Å²) in [5.41, 5.74) is 0. The van der Waals surface area contributed by atoms with Crippen LogP contribution in [0, 0.1) is 5.92 Å². The van der Waals surface area contributed by atoms with Gasteiger partial charge in [-0.25, -0.2) is 0 Å². The third kappa shape index (κ3) is 1.40. The van der Waals surface area contributed by atoms with E-state index < -0.39 is 17.9 Å². The average Bonchev–Trinajstić information content (AvgIpc) is 2.80. The second-order valence-electron chi connectivity index (χ2n) is 2.79. The van der Waals surface area contributed by atoms with Crippen LogP contribution in [0.5, 0.6) is 0 Å². The van der Waals surface area contributed by atoms with Crippen LogP contribution >= 0.6 is 0 Å². The summed E-state index contributed by atoms with van der Waals surface area (Å²) in [6.07, 6.45) is 0.422. The van der Waals surface area contributed by atoms with Gasteiger partial charge in [-0.15, -0.1) is 0 Å². The van der Waals surface area contributed by atoms with Gasteiger partial charge in [0.1, 0.15) is 0 Å². The van der Waals surface area contributed by atoms with Crippen LogP contribution in [0.2, 0.25) is 0 Å². The van der Waals surface area contributed by atoms with E-state index in [1.807, 2.05) is 0 Å². The van der Waals surface area contributed by atoms with Crippen molar-refractivity contribution in [3.05, 3.63) is 0 Å². The van der Waals surface area contributed by atoms with E-state index in [1.54, 1.807) is 0 Å². The summed E-state index contributed by atoms with van der Waals surface area (Å²) >= 11 is 0. The maximum absolute atomic E-state index is 11.0. The number of carbonyl (C=O) groups is 2. The lowest BCUT2D eigenvalue weighted by Gasteiger charge is -2.18. The van der Waals surface area contributed by atoms with Crippen molar-refractivity contribution in [2.75, 3.05) is 13.4 Å². The summed E-state index contributed by atoms with van der Waals surface area (Å²) in [5, 5.41) is 0. The first-order valence-corrected chi connectivity index (χ1v) is 3.72. The molecule has 2 rings (SSSR count). The van der Waals surface area contributed by atoms with Crippen LogP contribution in [-0.4, -0.2) is 31.4 Å². The molecular formula is C7H8O5. The van der Waals surface area contributed by atoms with Crippen LogP contribution in [0.4, 0.5) is 0 Å². The topological polar surface area (TPSA) is 65.1 Å². The quantitative estimate of drug-likeness (QED) is 0.317. The Bertz CT molecular complexity index is 204. The Morgan fingerprint density at radius 1 is 1.25 bits per heavy atom. The molecule has 0 saturated carbocycles. The molecule has 2 aliphatic heterocycles. The van der Waals surface area contributed by atoms with Gasteiger partial charge in [-0.1, -0.05) is 0 Å². The summed E-state index contributed by atoms with van der Waals surface area (Å²) in [6.45, 7) is 0.372. The van der Waals surface area contributed by atoms with E-state index >= 15 is 0 Å². The van der Waals surface area contributed by atoms with Gasteiger partial charge < -0.3 is 14.2 Å². The first-order chi connectivity index (χ1) is 5.77. The summed E-state index contributed by atoms with van der Waals surface area (Å²) in [4.78, 5) is 22.0. The van der Waals surface area contributed by atoms with E-state index in [2.05, 4.69) is 9.47 Å². The molecule has 0 aromatic carbocycles. The summed E-state index contributed by atoms with van der Waals surface area (Å²) in [6, 6.07) is 0. The molecule has 0 amide bonds. The Balaban J connectivity index is 1.97. The van der Waals surface area contributed by atoms with E-state index in [0.29, 0.717) is 13.0 Å². The average molecular weight is 172 g/mol. The summed E-state index contributed by atoms with van der Waals surface area (Å²) in [7, 11) is 0. The Hall–Kier alpha value is -1.10. The predicted molar refractivity (Wildman–Crippen MR) is 34.9 cm³/mol. The fourth-order valence-electron chi connectivity index (χ4n) is 1.10. The Morgan fingerprint density at radius 2 is 1.83 bits per heavy atom. The largest absolute Gasteiger partial charge is 0.427 e. The summed E-state index contributed by atoms with van der Waals surface area (Å²) in [5.74, 6) is -1.77. The highest BCUT2D eigenvalue weighted by atomic mass is 16.7. The number of rotatable bonds is 2. The highest BCUT2D eigenvalue weighted by Crippen LogP contribution is 2.23. The van der Waals surface area contributed by atoms with E-state index in [-0.39, 0.29) is 12.9 Å². The summed E-state index contributed by atoms with van der Waals surface area (Å²) < 4.78 is 14.0. The molecular weight excluding hydrogens is 164 g/mol. The van der Waals surface area contributed by atoms with Gasteiger partial charge in [-0.2, -0.15) is 0 Å². The second kappa shape index (κ2) is 2.75. The number of hydrogen-bond donors (Lipinski definition) is 0. The Labute approximate surface area is 68.6 Å². The second-order valence-corrected chi connectivity index (χ2v) is 2.79. The molecule has 1 atom stereocenters. The molecule has 5 heteroatoms. The monoisotopic (exact) mass is 172 g/mol. The predicted octanol–water partition coefficient (Wildman–Crippen LogP) is -0.551. The highest BCUT2D eigenvalue weighted by molar-refractivity contribution is 5.96. The molecule has 0 N–H and O–H groups in total. The Kier molecular flexibility index (Phi) is 1.73. The van der Waals surface area contributed by atoms with Gasteiger partial charge in [0.05, 0.1) is 12.7 Å². The van der Waals surface area contributed by atoms with Gasteiger partial charge in [0, 0.05) is 0 Å². The number of cyclic esters (lactones) is 2. The molecule has 5 nitrogen and oxygen atoms in total. The molecule has 2 fully saturated rings. The molecule has 1 unspecified atom stereocenters. The zero-order valence-corrected chi connectivity index (χ0v) is 6.32. The van der Waals surface area contributed by atoms with Gasteiger partial charge in [-0.3, -0.25) is 9.59 Å². The van der Waals surface area contributed by atoms with Crippen LogP contribution in [0.25, 0.3) is 0 Å². The zero-order chi connectivity index (χ0) is 8.55. The van der Waals surface area contributed by atoms with Gasteiger partial charge in [0.2, 0.25) is 6.79 Å². The number of epoxide rings is 1. The molecule has 0 aliphatic carbocycles. The fraction of sp³-hybridized carbons (Fsp3) is 0.714. The molecule has 66 valence electrons. The third-order valence-corrected chi connectivity index (χ3v) is 1.87. The van der Waals surface area contributed by atoms with Crippen molar-refractivity contribution in [3.8, 4) is 0 Å². The van der Waals surface area contributed by atoms with E-state index in [9.17, 15) is 9.59 Å². The molecule has 0 bridgehead atoms. The van der Waals surface area contributed by atoms with E-state index in [0.717, 1.165) is 0 Å². The zero-order valence-electron chi connectivity index (χ0n) is 6.32. The third-order valence-electron chi connectivity index (χ3n) is 1.87. The lowest BCUT2D eigenvalue weighted by molar-refractivity contribution is -0.190. The number of ether oxygens (including phenoxy) is 3. The first-order valence-electron chi connectivity index (χ1n) is 3.72. The molecule has 12 heavy (non-hydrogen) atoms. The van der Waals surface area contributed by atoms with Crippen LogP contribution < -0.4 is 0 Å². The molecule has 0 aromatic heterocycles. The van der Waals surface area contributed by atoms with Crippen molar-refractivity contribution in [2.24, 2.45) is 5.92 Å². The van der Waals surface area contributed by atoms with Crippen molar-refractivity contribution in [1.82, 2.24) is 0 Å². The number of hydrogen-bond acceptors (Lipinski definition) is 5. The van der Waals surface area contributed by atoms with E-state index in [4.69, 9.17) is 4.74 Å². The van der Waals surface area contributed by atoms with Crippen molar-refractivity contribution in [3.63, 3.8) is 0 Å². The molecule has 2 saturated heterocycles. The molecule has 0 spiro atoms. The van der Waals surface area contributed by atoms with Gasteiger partial charge >= 0.3 is 11.9 Å². The van der Waals surface area contributed by atoms with Crippen LogP contribution in [0.1, 0.15) is 6.42 Å². The van der Waals surface area contributed by atoms with Crippen LogP contribution in [0.3, 0.4) is 0 Å². The van der Waals surface area contributed by atoms with Gasteiger partial charge in [0.25, 0.3) is 0 Å². The van der Waals surface area contributed by atoms with Crippen molar-refractivity contribution in [1.29, 1.82) is 0 Å². The Morgan fingerprint density at radius 3 is 2.33 bits per heavy atom. The maximum Gasteiger partial charge on any atom is 0.323 e. The minimum absolute atomic E-state index is 0.0354. The molecule has 0 radical (unpaired) electrons. The van der Waals surface area contributed by atoms with Gasteiger partial charge in [-0.05, 0) is 6.42 Å². The SMILES string of the molecule is O=C1OCOC(=O)C1CC1CO1. The molecule has 2 aliphatic rings. The van der Waals surface area contributed by atoms with Crippen molar-refractivity contribution in [2.45, 2.75) is 12.5 Å². The smallest absolute Gasteiger partial charge is 0.323 e. The lowest BCUT2D eigenvalue weighted by Crippen LogP contribution is -2.35. The lowest BCUT2D eigenvalue weighted by atomic mass is 10.0. The van der Waals surface area contributed by atoms with Crippen molar-refractivity contribution >= 4 is 11.9 Å². The first kappa shape index (κ1) is 7.54. The number of esters is 2. The normalized spacial score (nSPS) is 29.5. The highest BCUT2D eigenvalue weighted by Gasteiger charge is 2.39. The standard InChI is InChI=1S/C7H8O5/c8-6-5(1-4-2-10-4)7(9)12-3-11-6/h4-5H,1-3H2. The van der Waals surface area contributed by atoms with E-state index in [1.165, 1.54) is 0 Å². The number of carbonyl (C=O) groups excluding carboxylic acids is 2. The molecule has 0 aromatic rings. The minimum Gasteiger partial charge on any atom is -0.427 e. The van der Waals surface area contributed by atoms with Gasteiger partial charge in [0.15, 0.2) is 5.92 Å². The minimum atomic E-state index is -0.772. The maximum atomic E-state index is 11.0.